The first-order chi connectivity index (χ1) is 6.47. The molecule has 0 amide bonds. The molecule has 4 heteroatoms. The molecule has 80 valence electrons. The molecule has 0 bridgehead atoms. The number of allylic oxidation sites excluding steroid dienone is 1. The van der Waals surface area contributed by atoms with E-state index in [1.54, 1.807) is 19.1 Å². The molecule has 0 spiro atoms. The number of aliphatic hydroxyl groups excluding tert-OH is 1. The lowest BCUT2D eigenvalue weighted by Crippen LogP contribution is -2.18. The van der Waals surface area contributed by atoms with Crippen LogP contribution in [0.25, 0.3) is 0 Å². The van der Waals surface area contributed by atoms with Gasteiger partial charge in [0.15, 0.2) is 9.84 Å². The van der Waals surface area contributed by atoms with Crippen molar-refractivity contribution >= 4 is 9.84 Å². The van der Waals surface area contributed by atoms with Gasteiger partial charge in [-0.1, -0.05) is 23.3 Å². The summed E-state index contributed by atoms with van der Waals surface area (Å²) >= 11 is 0. The number of sulfone groups is 1. The van der Waals surface area contributed by atoms with E-state index in [0.717, 1.165) is 11.1 Å². The quantitative estimate of drug-likeness (QED) is 0.718. The minimum absolute atomic E-state index is 0.00443. The highest BCUT2D eigenvalue weighted by Gasteiger charge is 2.30. The van der Waals surface area contributed by atoms with E-state index in [9.17, 15) is 8.42 Å². The molecule has 0 fully saturated rings. The zero-order chi connectivity index (χ0) is 10.8. The van der Waals surface area contributed by atoms with Crippen LogP contribution in [0.4, 0.5) is 0 Å². The van der Waals surface area contributed by atoms with Crippen molar-refractivity contribution in [3.05, 3.63) is 23.3 Å². The van der Waals surface area contributed by atoms with Gasteiger partial charge in [-0.2, -0.15) is 0 Å². The lowest BCUT2D eigenvalue weighted by molar-refractivity contribution is 0.331. The van der Waals surface area contributed by atoms with Crippen LogP contribution in [-0.2, 0) is 9.84 Å². The highest BCUT2D eigenvalue weighted by atomic mass is 32.2. The Morgan fingerprint density at radius 3 is 2.79 bits per heavy atom. The van der Waals surface area contributed by atoms with Gasteiger partial charge in [0, 0.05) is 0 Å². The zero-order valence-electron chi connectivity index (χ0n) is 8.53. The molecular weight excluding hydrogens is 200 g/mol. The molecule has 0 saturated heterocycles. The van der Waals surface area contributed by atoms with Crippen LogP contribution < -0.4 is 0 Å². The van der Waals surface area contributed by atoms with E-state index in [1.807, 2.05) is 6.92 Å². The van der Waals surface area contributed by atoms with Crippen LogP contribution in [-0.4, -0.2) is 31.1 Å². The predicted molar refractivity (Wildman–Crippen MR) is 56.8 cm³/mol. The van der Waals surface area contributed by atoms with Crippen LogP contribution >= 0.6 is 0 Å². The Morgan fingerprint density at radius 2 is 2.36 bits per heavy atom. The van der Waals surface area contributed by atoms with Crippen LogP contribution in [0, 0.1) is 0 Å². The van der Waals surface area contributed by atoms with Gasteiger partial charge in [-0.15, -0.1) is 0 Å². The molecule has 3 nitrogen and oxygen atoms in total. The first kappa shape index (κ1) is 11.5. The first-order valence-corrected chi connectivity index (χ1v) is 6.33. The average Bonchev–Trinajstić information content (AvgIpc) is 2.38. The van der Waals surface area contributed by atoms with E-state index in [0.29, 0.717) is 6.42 Å². The van der Waals surface area contributed by atoms with E-state index < -0.39 is 9.84 Å². The first-order valence-electron chi connectivity index (χ1n) is 4.62. The largest absolute Gasteiger partial charge is 0.392 e. The van der Waals surface area contributed by atoms with Gasteiger partial charge in [0.25, 0.3) is 0 Å². The monoisotopic (exact) mass is 216 g/mol. The van der Waals surface area contributed by atoms with Gasteiger partial charge in [-0.25, -0.2) is 8.42 Å². The Bertz CT molecular complexity index is 363. The number of aliphatic hydroxyl groups is 1. The summed E-state index contributed by atoms with van der Waals surface area (Å²) in [5.74, 6) is 0.162. The lowest BCUT2D eigenvalue weighted by atomic mass is 10.1. The molecule has 1 rings (SSSR count). The van der Waals surface area contributed by atoms with Crippen LogP contribution in [0.1, 0.15) is 20.3 Å². The van der Waals surface area contributed by atoms with E-state index in [-0.39, 0.29) is 17.6 Å². The summed E-state index contributed by atoms with van der Waals surface area (Å²) in [4.78, 5) is 0. The molecule has 1 aliphatic heterocycles. The fraction of sp³-hybridized carbons (Fsp3) is 0.600. The lowest BCUT2D eigenvalue weighted by Gasteiger charge is -2.09. The number of rotatable bonds is 3. The summed E-state index contributed by atoms with van der Waals surface area (Å²) in [7, 11) is -2.96. The van der Waals surface area contributed by atoms with E-state index in [4.69, 9.17) is 5.11 Å². The summed E-state index contributed by atoms with van der Waals surface area (Å²) in [5.41, 5.74) is 1.74. The van der Waals surface area contributed by atoms with E-state index in [1.165, 1.54) is 0 Å². The molecule has 0 aromatic carbocycles. The Morgan fingerprint density at radius 1 is 1.71 bits per heavy atom. The predicted octanol–water partition coefficient (Wildman–Crippen LogP) is 1.06. The third-order valence-electron chi connectivity index (χ3n) is 2.51. The molecule has 14 heavy (non-hydrogen) atoms. The topological polar surface area (TPSA) is 54.4 Å². The smallest absolute Gasteiger partial charge is 0.160 e. The molecule has 0 radical (unpaired) electrons. The molecule has 1 heterocycles. The van der Waals surface area contributed by atoms with Crippen molar-refractivity contribution in [2.45, 2.75) is 25.5 Å². The van der Waals surface area contributed by atoms with Crippen molar-refractivity contribution in [1.82, 2.24) is 0 Å². The van der Waals surface area contributed by atoms with Crippen molar-refractivity contribution in [2.24, 2.45) is 0 Å². The molecule has 1 atom stereocenters. The molecule has 1 unspecified atom stereocenters. The van der Waals surface area contributed by atoms with Crippen molar-refractivity contribution in [1.29, 1.82) is 0 Å². The van der Waals surface area contributed by atoms with Crippen LogP contribution in [0.5, 0.6) is 0 Å². The third kappa shape index (κ3) is 2.45. The van der Waals surface area contributed by atoms with Crippen LogP contribution in [0.3, 0.4) is 0 Å². The summed E-state index contributed by atoms with van der Waals surface area (Å²) in [6, 6.07) is 0. The maximum atomic E-state index is 11.5. The van der Waals surface area contributed by atoms with Crippen molar-refractivity contribution in [3.8, 4) is 0 Å². The van der Waals surface area contributed by atoms with Crippen molar-refractivity contribution in [3.63, 3.8) is 0 Å². The number of hydrogen-bond donors (Lipinski definition) is 1. The summed E-state index contributed by atoms with van der Waals surface area (Å²) in [5, 5.41) is 8.40. The van der Waals surface area contributed by atoms with Gasteiger partial charge in [0.05, 0.1) is 17.6 Å². The second kappa shape index (κ2) is 4.28. The van der Waals surface area contributed by atoms with E-state index in [2.05, 4.69) is 0 Å². The maximum absolute atomic E-state index is 11.5. The minimum Gasteiger partial charge on any atom is -0.392 e. The summed E-state index contributed by atoms with van der Waals surface area (Å²) in [6.45, 7) is 3.63. The Balaban J connectivity index is 2.74. The second-order valence-electron chi connectivity index (χ2n) is 3.71. The summed E-state index contributed by atoms with van der Waals surface area (Å²) < 4.78 is 23.1. The SMILES string of the molecule is CC1=CCS(=O)(=O)C1C/C=C(/C)CO. The second-order valence-corrected chi connectivity index (χ2v) is 5.94. The van der Waals surface area contributed by atoms with Gasteiger partial charge in [0.2, 0.25) is 0 Å². The standard InChI is InChI=1S/C10H16O3S/c1-8(7-11)3-4-10-9(2)5-6-14(10,12)13/h3,5,10-11H,4,6-7H2,1-2H3/b8-3-. The van der Waals surface area contributed by atoms with Crippen LogP contribution in [0.15, 0.2) is 23.3 Å². The molecule has 0 aromatic heterocycles. The molecule has 0 aliphatic carbocycles. The van der Waals surface area contributed by atoms with E-state index >= 15 is 0 Å². The van der Waals surface area contributed by atoms with Gasteiger partial charge >= 0.3 is 0 Å². The van der Waals surface area contributed by atoms with Gasteiger partial charge < -0.3 is 5.11 Å². The minimum atomic E-state index is -2.96. The van der Waals surface area contributed by atoms with Gasteiger partial charge in [0.1, 0.15) is 0 Å². The van der Waals surface area contributed by atoms with Crippen LogP contribution in [0.2, 0.25) is 0 Å². The maximum Gasteiger partial charge on any atom is 0.160 e. The van der Waals surface area contributed by atoms with Gasteiger partial charge in [-0.05, 0) is 20.3 Å². The third-order valence-corrected chi connectivity index (χ3v) is 4.57. The van der Waals surface area contributed by atoms with Gasteiger partial charge in [-0.3, -0.25) is 0 Å². The Hall–Kier alpha value is -0.610. The Labute approximate surface area is 85.1 Å². The van der Waals surface area contributed by atoms with Crippen molar-refractivity contribution in [2.75, 3.05) is 12.4 Å². The van der Waals surface area contributed by atoms with Crippen molar-refractivity contribution < 1.29 is 13.5 Å². The molecule has 0 saturated carbocycles. The molecule has 1 aliphatic rings. The molecular formula is C10H16O3S. The molecule has 0 aromatic rings. The average molecular weight is 216 g/mol. The molecule has 1 N–H and O–H groups in total. The fourth-order valence-electron chi connectivity index (χ4n) is 1.48. The Kier molecular flexibility index (Phi) is 3.50. The normalized spacial score (nSPS) is 26.4. The zero-order valence-corrected chi connectivity index (χ0v) is 9.34. The highest BCUT2D eigenvalue weighted by molar-refractivity contribution is 7.92. The highest BCUT2D eigenvalue weighted by Crippen LogP contribution is 2.24. The summed E-state index contributed by atoms with van der Waals surface area (Å²) in [6.07, 6.45) is 4.05. The number of hydrogen-bond acceptors (Lipinski definition) is 3. The fourth-order valence-corrected chi connectivity index (χ4v) is 3.26.